The maximum Gasteiger partial charge on any atom is 0.192 e. The van der Waals surface area contributed by atoms with E-state index in [1.54, 1.807) is 0 Å². The molecule has 0 aromatic heterocycles. The van der Waals surface area contributed by atoms with Crippen molar-refractivity contribution in [2.24, 2.45) is 0 Å². The van der Waals surface area contributed by atoms with Crippen molar-refractivity contribution in [3.05, 3.63) is 71.3 Å². The predicted molar refractivity (Wildman–Crippen MR) is 116 cm³/mol. The number of hydrogen-bond acceptors (Lipinski definition) is 2. The van der Waals surface area contributed by atoms with E-state index in [1.807, 2.05) is 25.1 Å². The highest BCUT2D eigenvalue weighted by atomic mass is 28.4. The highest BCUT2D eigenvalue weighted by Crippen LogP contribution is 2.36. The van der Waals surface area contributed by atoms with Gasteiger partial charge in [0.05, 0.1) is 19.8 Å². The van der Waals surface area contributed by atoms with E-state index in [-0.39, 0.29) is 5.04 Å². The minimum absolute atomic E-state index is 0.247. The van der Waals surface area contributed by atoms with E-state index in [9.17, 15) is 0 Å². The molecule has 0 radical (unpaired) electrons. The number of ether oxygens (including phenoxy) is 1. The van der Waals surface area contributed by atoms with Crippen LogP contribution in [0.2, 0.25) is 18.1 Å². The van der Waals surface area contributed by atoms with Gasteiger partial charge in [-0.3, -0.25) is 0 Å². The summed E-state index contributed by atoms with van der Waals surface area (Å²) < 4.78 is 12.1. The van der Waals surface area contributed by atoms with E-state index in [0.29, 0.717) is 19.8 Å². The Kier molecular flexibility index (Phi) is 9.27. The highest BCUT2D eigenvalue weighted by molar-refractivity contribution is 6.74. The first-order chi connectivity index (χ1) is 12.2. The molecule has 0 amide bonds. The fourth-order valence-corrected chi connectivity index (χ4v) is 3.01. The van der Waals surface area contributed by atoms with Crippen molar-refractivity contribution in [2.45, 2.75) is 59.4 Å². The highest BCUT2D eigenvalue weighted by Gasteiger charge is 2.36. The molecule has 0 aliphatic carbocycles. The van der Waals surface area contributed by atoms with Crippen molar-refractivity contribution in [1.82, 2.24) is 0 Å². The molecule has 0 atom stereocenters. The van der Waals surface area contributed by atoms with Crippen LogP contribution < -0.4 is 0 Å². The normalized spacial score (nSPS) is 14.3. The Morgan fingerprint density at radius 1 is 1.08 bits per heavy atom. The topological polar surface area (TPSA) is 18.5 Å². The average molecular weight is 373 g/mol. The van der Waals surface area contributed by atoms with Crippen LogP contribution in [0.3, 0.4) is 0 Å². The smallest absolute Gasteiger partial charge is 0.192 e. The third-order valence-electron chi connectivity index (χ3n) is 4.91. The van der Waals surface area contributed by atoms with Crippen LogP contribution in [0.1, 0.15) is 40.2 Å². The largest absolute Gasteiger partial charge is 0.413 e. The first-order valence-electron chi connectivity index (χ1n) is 9.40. The van der Waals surface area contributed by atoms with E-state index in [2.05, 4.69) is 77.2 Å². The molecular weight excluding hydrogens is 336 g/mol. The first-order valence-corrected chi connectivity index (χ1v) is 12.3. The number of hydrogen-bond donors (Lipinski definition) is 0. The fraction of sp³-hybridized carbons (Fsp3) is 0.478. The molecule has 0 unspecified atom stereocenters. The minimum atomic E-state index is -1.68. The van der Waals surface area contributed by atoms with Gasteiger partial charge in [0.2, 0.25) is 0 Å². The summed E-state index contributed by atoms with van der Waals surface area (Å²) in [5, 5.41) is 0.247. The van der Waals surface area contributed by atoms with Crippen LogP contribution in [0, 0.1) is 0 Å². The Balaban J connectivity index is 2.44. The summed E-state index contributed by atoms with van der Waals surface area (Å²) in [5.41, 5.74) is 3.62. The lowest BCUT2D eigenvalue weighted by atomic mass is 10.2. The monoisotopic (exact) mass is 372 g/mol. The van der Waals surface area contributed by atoms with E-state index in [4.69, 9.17) is 9.16 Å². The second kappa shape index (κ2) is 10.7. The van der Waals surface area contributed by atoms with Crippen molar-refractivity contribution in [2.75, 3.05) is 13.2 Å². The molecule has 0 aliphatic rings. The maximum atomic E-state index is 6.25. The lowest BCUT2D eigenvalue weighted by Gasteiger charge is -2.36. The molecule has 1 aromatic rings. The second-order valence-electron chi connectivity index (χ2n) is 8.26. The second-order valence-corrected chi connectivity index (χ2v) is 13.1. The third-order valence-corrected chi connectivity index (χ3v) is 9.39. The van der Waals surface area contributed by atoms with Crippen LogP contribution in [-0.4, -0.2) is 21.5 Å². The van der Waals surface area contributed by atoms with Crippen LogP contribution >= 0.6 is 0 Å². The van der Waals surface area contributed by atoms with Gasteiger partial charge in [0.25, 0.3) is 0 Å². The molecule has 0 spiro atoms. The van der Waals surface area contributed by atoms with E-state index < -0.39 is 8.32 Å². The zero-order chi connectivity index (χ0) is 19.6. The minimum Gasteiger partial charge on any atom is -0.413 e. The Hall–Kier alpha value is -1.42. The van der Waals surface area contributed by atoms with Gasteiger partial charge >= 0.3 is 0 Å². The van der Waals surface area contributed by atoms with Crippen LogP contribution in [0.4, 0.5) is 0 Å². The summed E-state index contributed by atoms with van der Waals surface area (Å²) in [5.74, 6) is 0. The molecule has 2 nitrogen and oxygen atoms in total. The molecule has 0 fully saturated rings. The van der Waals surface area contributed by atoms with E-state index in [1.165, 1.54) is 16.7 Å². The SMILES string of the molecule is C/C=C(/C=C/C=C(\C)CO[Si](C)(C)C(C)(C)C)COCc1ccccc1. The molecule has 3 heteroatoms. The molecule has 1 rings (SSSR count). The van der Waals surface area contributed by atoms with Gasteiger partial charge in [-0.15, -0.1) is 0 Å². The average Bonchev–Trinajstić information content (AvgIpc) is 2.58. The Bertz CT molecular complexity index is 619. The van der Waals surface area contributed by atoms with Crippen molar-refractivity contribution in [3.8, 4) is 0 Å². The van der Waals surface area contributed by atoms with Gasteiger partial charge in [0.1, 0.15) is 0 Å². The van der Waals surface area contributed by atoms with E-state index >= 15 is 0 Å². The molecule has 0 bridgehead atoms. The van der Waals surface area contributed by atoms with Crippen LogP contribution in [0.15, 0.2) is 65.8 Å². The standard InChI is InChI=1S/C23H36O2Si/c1-8-21(18-24-19-22-14-10-9-11-15-22)16-12-13-20(2)17-25-26(6,7)23(3,4)5/h8-16H,17-19H2,1-7H3/b16-12+,20-13+,21-8-. The van der Waals surface area contributed by atoms with E-state index in [0.717, 1.165) is 0 Å². The maximum absolute atomic E-state index is 6.25. The number of benzene rings is 1. The molecule has 0 saturated carbocycles. The van der Waals surface area contributed by atoms with Gasteiger partial charge in [-0.2, -0.15) is 0 Å². The summed E-state index contributed by atoms with van der Waals surface area (Å²) in [6.45, 7) is 17.5. The summed E-state index contributed by atoms with van der Waals surface area (Å²) in [6, 6.07) is 10.3. The summed E-state index contributed by atoms with van der Waals surface area (Å²) >= 11 is 0. The van der Waals surface area contributed by atoms with Gasteiger partial charge in [0, 0.05) is 0 Å². The van der Waals surface area contributed by atoms with Crippen molar-refractivity contribution in [3.63, 3.8) is 0 Å². The Morgan fingerprint density at radius 2 is 1.73 bits per heavy atom. The van der Waals surface area contributed by atoms with Gasteiger partial charge < -0.3 is 9.16 Å². The summed E-state index contributed by atoms with van der Waals surface area (Å²) in [4.78, 5) is 0. The number of rotatable bonds is 9. The molecule has 0 saturated heterocycles. The lowest BCUT2D eigenvalue weighted by molar-refractivity contribution is 0.144. The van der Waals surface area contributed by atoms with Crippen molar-refractivity contribution in [1.29, 1.82) is 0 Å². The first kappa shape index (κ1) is 22.6. The van der Waals surface area contributed by atoms with Crippen LogP contribution in [0.5, 0.6) is 0 Å². The molecule has 144 valence electrons. The third kappa shape index (κ3) is 8.30. The predicted octanol–water partition coefficient (Wildman–Crippen LogP) is 6.67. The Morgan fingerprint density at radius 3 is 2.31 bits per heavy atom. The molecule has 1 aromatic carbocycles. The Labute approximate surface area is 161 Å². The van der Waals surface area contributed by atoms with Crippen LogP contribution in [0.25, 0.3) is 0 Å². The lowest BCUT2D eigenvalue weighted by Crippen LogP contribution is -2.41. The van der Waals surface area contributed by atoms with Crippen LogP contribution in [-0.2, 0) is 15.8 Å². The molecule has 0 heterocycles. The van der Waals surface area contributed by atoms with Gasteiger partial charge in [-0.25, -0.2) is 0 Å². The molecule has 26 heavy (non-hydrogen) atoms. The summed E-state index contributed by atoms with van der Waals surface area (Å²) in [7, 11) is -1.68. The van der Waals surface area contributed by atoms with Gasteiger partial charge in [-0.05, 0) is 48.7 Å². The van der Waals surface area contributed by atoms with Gasteiger partial charge in [0.15, 0.2) is 8.32 Å². The zero-order valence-corrected chi connectivity index (χ0v) is 18.6. The fourth-order valence-electron chi connectivity index (χ4n) is 1.98. The van der Waals surface area contributed by atoms with Crippen molar-refractivity contribution >= 4 is 8.32 Å². The van der Waals surface area contributed by atoms with Gasteiger partial charge in [-0.1, -0.05) is 75.4 Å². The summed E-state index contributed by atoms with van der Waals surface area (Å²) in [6.07, 6.45) is 8.43. The number of allylic oxidation sites excluding steroid dienone is 3. The quantitative estimate of drug-likeness (QED) is 0.356. The zero-order valence-electron chi connectivity index (χ0n) is 17.6. The molecule has 0 aliphatic heterocycles. The van der Waals surface area contributed by atoms with Crippen molar-refractivity contribution < 1.29 is 9.16 Å². The molecule has 0 N–H and O–H groups in total. The molecular formula is C23H36O2Si.